The lowest BCUT2D eigenvalue weighted by Crippen LogP contribution is -1.98. The van der Waals surface area contributed by atoms with Crippen LogP contribution in [-0.4, -0.2) is 34.8 Å². The molecule has 0 aliphatic rings. The Morgan fingerprint density at radius 3 is 2.83 bits per heavy atom. The molecule has 0 atom stereocenters. The van der Waals surface area contributed by atoms with Crippen LogP contribution in [0.1, 0.15) is 17.0 Å². The highest BCUT2D eigenvalue weighted by Gasteiger charge is 2.18. The lowest BCUT2D eigenvalue weighted by Gasteiger charge is -2.03. The Bertz CT molecular complexity index is 1040. The summed E-state index contributed by atoms with van der Waals surface area (Å²) < 4.78 is 6.55. The lowest BCUT2D eigenvalue weighted by molar-refractivity contribution is 0.310. The first-order valence-electron chi connectivity index (χ1n) is 7.16. The molecule has 4 heterocycles. The fourth-order valence-corrected chi connectivity index (χ4v) is 2.57. The maximum atomic E-state index is 9.51. The molecule has 0 radical (unpaired) electrons. The third-order valence-electron chi connectivity index (χ3n) is 3.71. The third kappa shape index (κ3) is 2.32. The van der Waals surface area contributed by atoms with E-state index in [-0.39, 0.29) is 11.6 Å². The molecule has 0 amide bonds. The Hall–Kier alpha value is -3.49. The minimum atomic E-state index is 0.128. The van der Waals surface area contributed by atoms with Crippen molar-refractivity contribution < 1.29 is 9.74 Å². The van der Waals surface area contributed by atoms with Gasteiger partial charge in [-0.15, -0.1) is 0 Å². The number of anilines is 1. The van der Waals surface area contributed by atoms with Gasteiger partial charge in [0.05, 0.1) is 18.1 Å². The highest BCUT2D eigenvalue weighted by molar-refractivity contribution is 5.70. The number of hydrogen-bond donors (Lipinski definition) is 2. The molecular formula is C15H13N7O2. The van der Waals surface area contributed by atoms with Crippen LogP contribution in [0.3, 0.4) is 0 Å². The second-order valence-corrected chi connectivity index (χ2v) is 5.38. The summed E-state index contributed by atoms with van der Waals surface area (Å²) in [6.45, 7) is 1.91. The van der Waals surface area contributed by atoms with Crippen molar-refractivity contribution in [3.05, 3.63) is 47.8 Å². The van der Waals surface area contributed by atoms with E-state index in [0.29, 0.717) is 23.5 Å². The average Bonchev–Trinajstić information content (AvgIpc) is 3.11. The van der Waals surface area contributed by atoms with Crippen molar-refractivity contribution in [1.82, 2.24) is 29.7 Å². The number of aromatic hydroxyl groups is 1. The summed E-state index contributed by atoms with van der Waals surface area (Å²) >= 11 is 0. The molecule has 3 N–H and O–H groups in total. The van der Waals surface area contributed by atoms with E-state index in [1.165, 1.54) is 6.20 Å². The van der Waals surface area contributed by atoms with Crippen molar-refractivity contribution in [2.75, 3.05) is 5.73 Å². The quantitative estimate of drug-likeness (QED) is 0.578. The van der Waals surface area contributed by atoms with E-state index in [9.17, 15) is 5.11 Å². The number of aromatic nitrogens is 6. The molecule has 4 aromatic rings. The van der Waals surface area contributed by atoms with E-state index in [2.05, 4.69) is 29.9 Å². The molecule has 9 heteroatoms. The van der Waals surface area contributed by atoms with Crippen LogP contribution < -0.4 is 5.73 Å². The fourth-order valence-electron chi connectivity index (χ4n) is 2.57. The van der Waals surface area contributed by atoms with E-state index < -0.39 is 0 Å². The number of hydrogen-bond acceptors (Lipinski definition) is 8. The van der Waals surface area contributed by atoms with Crippen molar-refractivity contribution in [2.24, 2.45) is 0 Å². The van der Waals surface area contributed by atoms with Gasteiger partial charge in [-0.2, -0.15) is 0 Å². The summed E-state index contributed by atoms with van der Waals surface area (Å²) in [6.07, 6.45) is 7.18. The number of fused-ring (bicyclic) bond motifs is 1. The maximum Gasteiger partial charge on any atom is 0.198 e. The summed E-state index contributed by atoms with van der Waals surface area (Å²) in [6, 6.07) is 1.66. The van der Waals surface area contributed by atoms with Gasteiger partial charge in [0.15, 0.2) is 17.2 Å². The Kier molecular flexibility index (Phi) is 3.12. The van der Waals surface area contributed by atoms with Gasteiger partial charge in [0.25, 0.3) is 0 Å². The zero-order valence-electron chi connectivity index (χ0n) is 12.7. The predicted molar refractivity (Wildman–Crippen MR) is 84.1 cm³/mol. The first-order chi connectivity index (χ1) is 11.6. The van der Waals surface area contributed by atoms with Crippen molar-refractivity contribution in [3.8, 4) is 17.1 Å². The van der Waals surface area contributed by atoms with Crippen LogP contribution in [0.15, 0.2) is 35.5 Å². The third-order valence-corrected chi connectivity index (χ3v) is 3.71. The Labute approximate surface area is 135 Å². The number of imidazole rings is 1. The topological polar surface area (TPSA) is 128 Å². The van der Waals surface area contributed by atoms with Gasteiger partial charge >= 0.3 is 0 Å². The maximum absolute atomic E-state index is 9.51. The highest BCUT2D eigenvalue weighted by atomic mass is 16.6. The van der Waals surface area contributed by atoms with Crippen LogP contribution in [0.25, 0.3) is 17.0 Å². The predicted octanol–water partition coefficient (Wildman–Crippen LogP) is 1.36. The van der Waals surface area contributed by atoms with Gasteiger partial charge in [-0.05, 0) is 28.9 Å². The highest BCUT2D eigenvalue weighted by Crippen LogP contribution is 2.25. The number of nitrogen functional groups attached to an aromatic ring is 1. The smallest absolute Gasteiger partial charge is 0.198 e. The fraction of sp³-hybridized carbons (Fsp3) is 0.133. The molecule has 0 spiro atoms. The molecule has 0 aliphatic heterocycles. The number of nitrogens with zero attached hydrogens (tertiary/aromatic N) is 6. The van der Waals surface area contributed by atoms with E-state index in [4.69, 9.17) is 5.73 Å². The minimum absolute atomic E-state index is 0.128. The van der Waals surface area contributed by atoms with Gasteiger partial charge < -0.3 is 15.2 Å². The lowest BCUT2D eigenvalue weighted by atomic mass is 10.1. The molecule has 0 unspecified atom stereocenters. The van der Waals surface area contributed by atoms with Gasteiger partial charge in [0.2, 0.25) is 0 Å². The average molecular weight is 323 g/mol. The molecule has 0 fully saturated rings. The molecule has 4 rings (SSSR count). The molecular weight excluding hydrogens is 310 g/mol. The largest absolute Gasteiger partial charge is 0.506 e. The van der Waals surface area contributed by atoms with Crippen LogP contribution >= 0.6 is 0 Å². The standard InChI is InChI=1S/C15H13N7O2/c1-8-13(14-15(16)21-24-20-14)19-12-6-18-10(7-22(8)12)2-9-3-11(23)5-17-4-9/h3-7,23H,2H2,1H3,(H2,16,21). The molecule has 24 heavy (non-hydrogen) atoms. The Balaban J connectivity index is 1.76. The SMILES string of the molecule is Cc1c(-c2nonc2N)nc2cnc(Cc3cncc(O)c3)cn12. The van der Waals surface area contributed by atoms with Crippen molar-refractivity contribution in [2.45, 2.75) is 13.3 Å². The van der Waals surface area contributed by atoms with E-state index >= 15 is 0 Å². The second kappa shape index (κ2) is 5.30. The van der Waals surface area contributed by atoms with Crippen LogP contribution in [0.2, 0.25) is 0 Å². The van der Waals surface area contributed by atoms with Crippen LogP contribution in [0, 0.1) is 6.92 Å². The first-order valence-corrected chi connectivity index (χ1v) is 7.16. The minimum Gasteiger partial charge on any atom is -0.506 e. The van der Waals surface area contributed by atoms with Gasteiger partial charge in [0, 0.05) is 24.5 Å². The number of rotatable bonds is 3. The molecule has 120 valence electrons. The number of aryl methyl sites for hydroxylation is 1. The van der Waals surface area contributed by atoms with Gasteiger partial charge in [-0.25, -0.2) is 9.61 Å². The van der Waals surface area contributed by atoms with Crippen LogP contribution in [0.4, 0.5) is 5.82 Å². The number of nitrogens with two attached hydrogens (primary N) is 1. The summed E-state index contributed by atoms with van der Waals surface area (Å²) in [5.41, 5.74) is 9.96. The molecule has 9 nitrogen and oxygen atoms in total. The van der Waals surface area contributed by atoms with Crippen molar-refractivity contribution in [3.63, 3.8) is 0 Å². The Morgan fingerprint density at radius 2 is 2.08 bits per heavy atom. The van der Waals surface area contributed by atoms with Gasteiger partial charge in [-0.1, -0.05) is 0 Å². The summed E-state index contributed by atoms with van der Waals surface area (Å²) in [4.78, 5) is 12.9. The molecule has 0 aromatic carbocycles. The van der Waals surface area contributed by atoms with E-state index in [0.717, 1.165) is 17.0 Å². The molecule has 0 saturated heterocycles. The van der Waals surface area contributed by atoms with E-state index in [1.807, 2.05) is 17.5 Å². The van der Waals surface area contributed by atoms with Gasteiger partial charge in [0.1, 0.15) is 11.4 Å². The summed E-state index contributed by atoms with van der Waals surface area (Å²) in [5.74, 6) is 0.323. The van der Waals surface area contributed by atoms with E-state index in [1.54, 1.807) is 18.5 Å². The van der Waals surface area contributed by atoms with Crippen molar-refractivity contribution in [1.29, 1.82) is 0 Å². The molecule has 0 aliphatic carbocycles. The van der Waals surface area contributed by atoms with Crippen LogP contribution in [0.5, 0.6) is 5.75 Å². The van der Waals surface area contributed by atoms with Crippen molar-refractivity contribution >= 4 is 11.5 Å². The summed E-state index contributed by atoms with van der Waals surface area (Å²) in [5, 5.41) is 16.9. The van der Waals surface area contributed by atoms with Gasteiger partial charge in [-0.3, -0.25) is 9.97 Å². The molecule has 0 saturated carbocycles. The first kappa shape index (κ1) is 14.1. The normalized spacial score (nSPS) is 11.2. The molecule has 0 bridgehead atoms. The molecule has 4 aromatic heterocycles. The number of pyridine rings is 1. The Morgan fingerprint density at radius 1 is 1.21 bits per heavy atom. The van der Waals surface area contributed by atoms with Crippen LogP contribution in [-0.2, 0) is 6.42 Å². The summed E-state index contributed by atoms with van der Waals surface area (Å²) in [7, 11) is 0. The monoisotopic (exact) mass is 323 g/mol. The zero-order valence-corrected chi connectivity index (χ0v) is 12.7. The second-order valence-electron chi connectivity index (χ2n) is 5.38. The zero-order chi connectivity index (χ0) is 16.7.